The lowest BCUT2D eigenvalue weighted by atomic mass is 9.88. The highest BCUT2D eigenvalue weighted by Crippen LogP contribution is 2.29. The Kier molecular flexibility index (Phi) is 4.83. The van der Waals surface area contributed by atoms with Crippen molar-refractivity contribution in [3.05, 3.63) is 48.3 Å². The van der Waals surface area contributed by atoms with Gasteiger partial charge in [0.15, 0.2) is 0 Å². The predicted octanol–water partition coefficient (Wildman–Crippen LogP) is 4.24. The Bertz CT molecular complexity index is 919. The van der Waals surface area contributed by atoms with E-state index in [4.69, 9.17) is 5.73 Å². The summed E-state index contributed by atoms with van der Waals surface area (Å²) in [5, 5.41) is 3.99. The molecule has 0 radical (unpaired) electrons. The van der Waals surface area contributed by atoms with Crippen LogP contribution >= 0.6 is 0 Å². The number of rotatable bonds is 4. The van der Waals surface area contributed by atoms with E-state index in [0.717, 1.165) is 33.5 Å². The molecule has 0 unspecified atom stereocenters. The fourth-order valence-corrected chi connectivity index (χ4v) is 3.13. The van der Waals surface area contributed by atoms with Crippen molar-refractivity contribution in [2.75, 3.05) is 5.32 Å². The second-order valence-electron chi connectivity index (χ2n) is 8.01. The minimum absolute atomic E-state index is 0.0159. The number of amides is 1. The van der Waals surface area contributed by atoms with Crippen LogP contribution < -0.4 is 11.1 Å². The van der Waals surface area contributed by atoms with Crippen LogP contribution in [0.2, 0.25) is 0 Å². The van der Waals surface area contributed by atoms with Gasteiger partial charge in [-0.3, -0.25) is 4.79 Å². The molecule has 5 heteroatoms. The summed E-state index contributed by atoms with van der Waals surface area (Å²) in [6.45, 7) is 8.25. The molecule has 2 aromatic heterocycles. The summed E-state index contributed by atoms with van der Waals surface area (Å²) in [6.07, 6.45) is 2.44. The van der Waals surface area contributed by atoms with Gasteiger partial charge in [-0.1, -0.05) is 32.9 Å². The van der Waals surface area contributed by atoms with Gasteiger partial charge < -0.3 is 16.0 Å². The van der Waals surface area contributed by atoms with Gasteiger partial charge in [-0.25, -0.2) is 4.98 Å². The van der Waals surface area contributed by atoms with E-state index in [2.05, 4.69) is 42.1 Å². The van der Waals surface area contributed by atoms with E-state index < -0.39 is 6.04 Å². The Morgan fingerprint density at radius 3 is 2.58 bits per heavy atom. The zero-order valence-electron chi connectivity index (χ0n) is 15.8. The number of hydrogen-bond donors (Lipinski definition) is 3. The highest BCUT2D eigenvalue weighted by Gasteiger charge is 2.21. The van der Waals surface area contributed by atoms with E-state index in [1.54, 1.807) is 6.20 Å². The summed E-state index contributed by atoms with van der Waals surface area (Å²) in [6, 6.07) is 11.4. The Morgan fingerprint density at radius 1 is 1.23 bits per heavy atom. The molecule has 26 heavy (non-hydrogen) atoms. The number of H-pyrrole nitrogens is 1. The van der Waals surface area contributed by atoms with Crippen molar-refractivity contribution in [1.29, 1.82) is 0 Å². The lowest BCUT2D eigenvalue weighted by molar-refractivity contribution is -0.118. The van der Waals surface area contributed by atoms with Crippen LogP contribution in [0.25, 0.3) is 22.2 Å². The highest BCUT2D eigenvalue weighted by molar-refractivity contribution is 5.96. The van der Waals surface area contributed by atoms with Crippen molar-refractivity contribution < 1.29 is 4.79 Å². The van der Waals surface area contributed by atoms with E-state index in [1.807, 2.05) is 37.3 Å². The number of pyridine rings is 1. The lowest BCUT2D eigenvalue weighted by Gasteiger charge is -2.22. The molecule has 5 nitrogen and oxygen atoms in total. The van der Waals surface area contributed by atoms with Gasteiger partial charge in [-0.05, 0) is 54.2 Å². The van der Waals surface area contributed by atoms with Crippen molar-refractivity contribution in [2.45, 2.75) is 40.2 Å². The fraction of sp³-hybridized carbons (Fsp3) is 0.333. The van der Waals surface area contributed by atoms with Crippen LogP contribution in [0.5, 0.6) is 0 Å². The van der Waals surface area contributed by atoms with Crippen LogP contribution in [0.4, 0.5) is 5.69 Å². The molecule has 0 aliphatic rings. The zero-order valence-corrected chi connectivity index (χ0v) is 15.8. The molecular weight excluding hydrogens is 324 g/mol. The SMILES string of the molecule is Cc1cc2c(-c3ccc(NC(=O)[C@H](N)CC(C)(C)C)cc3)ccnc2[nH]1. The maximum absolute atomic E-state index is 12.3. The second-order valence-corrected chi connectivity index (χ2v) is 8.01. The molecule has 2 heterocycles. The minimum Gasteiger partial charge on any atom is -0.344 e. The number of aryl methyl sites for hydroxylation is 1. The van der Waals surface area contributed by atoms with Crippen LogP contribution in [0.1, 0.15) is 32.9 Å². The van der Waals surface area contributed by atoms with Crippen molar-refractivity contribution in [3.8, 4) is 11.1 Å². The number of aromatic nitrogens is 2. The highest BCUT2D eigenvalue weighted by atomic mass is 16.2. The van der Waals surface area contributed by atoms with Gasteiger partial charge in [-0.2, -0.15) is 0 Å². The monoisotopic (exact) mass is 350 g/mol. The molecule has 1 amide bonds. The van der Waals surface area contributed by atoms with E-state index >= 15 is 0 Å². The molecule has 136 valence electrons. The van der Waals surface area contributed by atoms with E-state index in [1.165, 1.54) is 0 Å². The zero-order chi connectivity index (χ0) is 18.9. The van der Waals surface area contributed by atoms with Gasteiger partial charge >= 0.3 is 0 Å². The Balaban J connectivity index is 1.77. The minimum atomic E-state index is -0.516. The molecule has 1 atom stereocenters. The summed E-state index contributed by atoms with van der Waals surface area (Å²) in [7, 11) is 0. The lowest BCUT2D eigenvalue weighted by Crippen LogP contribution is -2.38. The summed E-state index contributed by atoms with van der Waals surface area (Å²) >= 11 is 0. The number of benzene rings is 1. The number of carbonyl (C=O) groups is 1. The number of nitrogens with two attached hydrogens (primary N) is 1. The average molecular weight is 350 g/mol. The van der Waals surface area contributed by atoms with Crippen molar-refractivity contribution in [3.63, 3.8) is 0 Å². The van der Waals surface area contributed by atoms with E-state index in [0.29, 0.717) is 6.42 Å². The molecule has 3 rings (SSSR count). The molecule has 0 saturated carbocycles. The first-order valence-corrected chi connectivity index (χ1v) is 8.84. The average Bonchev–Trinajstić information content (AvgIpc) is 2.94. The van der Waals surface area contributed by atoms with Crippen molar-refractivity contribution in [2.24, 2.45) is 11.1 Å². The predicted molar refractivity (Wildman–Crippen MR) is 107 cm³/mol. The maximum Gasteiger partial charge on any atom is 0.241 e. The van der Waals surface area contributed by atoms with E-state index in [-0.39, 0.29) is 11.3 Å². The molecule has 0 aliphatic carbocycles. The molecule has 0 bridgehead atoms. The first kappa shape index (κ1) is 18.1. The van der Waals surface area contributed by atoms with Gasteiger partial charge in [0.25, 0.3) is 0 Å². The number of aromatic amines is 1. The quantitative estimate of drug-likeness (QED) is 0.658. The van der Waals surface area contributed by atoms with E-state index in [9.17, 15) is 4.79 Å². The molecule has 3 aromatic rings. The van der Waals surface area contributed by atoms with Crippen LogP contribution in [0.3, 0.4) is 0 Å². The molecule has 0 fully saturated rings. The summed E-state index contributed by atoms with van der Waals surface area (Å²) in [4.78, 5) is 19.9. The number of nitrogens with zero attached hydrogens (tertiary/aromatic N) is 1. The third-order valence-corrected chi connectivity index (χ3v) is 4.30. The van der Waals surface area contributed by atoms with Crippen molar-refractivity contribution in [1.82, 2.24) is 9.97 Å². The normalized spacial score (nSPS) is 13.0. The molecule has 4 N–H and O–H groups in total. The van der Waals surface area contributed by atoms with Crippen LogP contribution in [-0.4, -0.2) is 21.9 Å². The number of nitrogens with one attached hydrogen (secondary N) is 2. The topological polar surface area (TPSA) is 83.8 Å². The first-order chi connectivity index (χ1) is 12.2. The van der Waals surface area contributed by atoms with Gasteiger partial charge in [0.05, 0.1) is 6.04 Å². The third-order valence-electron chi connectivity index (χ3n) is 4.30. The maximum atomic E-state index is 12.3. The molecule has 1 aromatic carbocycles. The van der Waals surface area contributed by atoms with Gasteiger partial charge in [-0.15, -0.1) is 0 Å². The summed E-state index contributed by atoms with van der Waals surface area (Å²) in [5.41, 5.74) is 10.9. The second kappa shape index (κ2) is 6.92. The van der Waals surface area contributed by atoms with Crippen LogP contribution in [0, 0.1) is 12.3 Å². The van der Waals surface area contributed by atoms with Gasteiger partial charge in [0, 0.05) is 23.0 Å². The molecule has 0 spiro atoms. The van der Waals surface area contributed by atoms with Crippen LogP contribution in [0.15, 0.2) is 42.6 Å². The van der Waals surface area contributed by atoms with Gasteiger partial charge in [0.1, 0.15) is 5.65 Å². The smallest absolute Gasteiger partial charge is 0.241 e. The number of carbonyl (C=O) groups excluding carboxylic acids is 1. The Morgan fingerprint density at radius 2 is 1.92 bits per heavy atom. The standard InChI is InChI=1S/C21H26N4O/c1-13-11-17-16(9-10-23-19(17)24-13)14-5-7-15(8-6-14)25-20(26)18(22)12-21(2,3)4/h5-11,18H,12,22H2,1-4H3,(H,23,24)(H,25,26)/t18-/m1/s1. The first-order valence-electron chi connectivity index (χ1n) is 8.84. The number of fused-ring (bicyclic) bond motifs is 1. The fourth-order valence-electron chi connectivity index (χ4n) is 3.13. The Labute approximate surface area is 154 Å². The molecule has 0 saturated heterocycles. The summed E-state index contributed by atoms with van der Waals surface area (Å²) < 4.78 is 0. The van der Waals surface area contributed by atoms with Gasteiger partial charge in [0.2, 0.25) is 5.91 Å². The third kappa shape index (κ3) is 4.11. The largest absolute Gasteiger partial charge is 0.344 e. The molecular formula is C21H26N4O. The van der Waals surface area contributed by atoms with Crippen molar-refractivity contribution >= 4 is 22.6 Å². The van der Waals surface area contributed by atoms with Crippen LogP contribution in [-0.2, 0) is 4.79 Å². The molecule has 0 aliphatic heterocycles. The Hall–Kier alpha value is -2.66. The number of anilines is 1. The summed E-state index contributed by atoms with van der Waals surface area (Å²) in [5.74, 6) is -0.153. The number of hydrogen-bond acceptors (Lipinski definition) is 3.